The molecule has 0 N–H and O–H groups in total. The minimum atomic E-state index is -0.0732. The summed E-state index contributed by atoms with van der Waals surface area (Å²) >= 11 is 19.6. The Morgan fingerprint density at radius 3 is 2.26 bits per heavy atom. The van der Waals surface area contributed by atoms with E-state index in [-0.39, 0.29) is 4.83 Å². The summed E-state index contributed by atoms with van der Waals surface area (Å²) < 4.78 is 6.11. The van der Waals surface area contributed by atoms with E-state index in [1.54, 1.807) is 7.11 Å². The molecule has 5 heteroatoms. The summed E-state index contributed by atoms with van der Waals surface area (Å²) in [4.78, 5) is -0.0732. The van der Waals surface area contributed by atoms with Gasteiger partial charge in [0.15, 0.2) is 0 Å². The molecule has 100 valence electrons. The highest BCUT2D eigenvalue weighted by Gasteiger charge is 2.18. The normalized spacial score (nSPS) is 12.3. The third-order valence-corrected chi connectivity index (χ3v) is 4.99. The van der Waals surface area contributed by atoms with Crippen molar-refractivity contribution in [2.24, 2.45) is 0 Å². The monoisotopic (exact) mass is 422 g/mol. The Bertz CT molecular complexity index is 582. The molecule has 2 rings (SSSR count). The van der Waals surface area contributed by atoms with Crippen molar-refractivity contribution in [3.63, 3.8) is 0 Å². The molecular formula is C14H10Br2Cl2O. The Balaban J connectivity index is 2.44. The van der Waals surface area contributed by atoms with Crippen molar-refractivity contribution in [2.45, 2.75) is 4.83 Å². The van der Waals surface area contributed by atoms with Crippen LogP contribution in [-0.2, 0) is 0 Å². The van der Waals surface area contributed by atoms with E-state index < -0.39 is 0 Å². The van der Waals surface area contributed by atoms with Gasteiger partial charge < -0.3 is 4.74 Å². The molecule has 0 aromatic heterocycles. The number of halogens is 4. The number of methoxy groups -OCH3 is 1. The standard InChI is InChI=1S/C14H10Br2Cl2O/c1-19-12-6-5-8(7-9(12)15)14(16)13-10(17)3-2-4-11(13)18/h2-7,14H,1H3. The van der Waals surface area contributed by atoms with Gasteiger partial charge in [0.1, 0.15) is 5.75 Å². The van der Waals surface area contributed by atoms with Gasteiger partial charge in [0.25, 0.3) is 0 Å². The van der Waals surface area contributed by atoms with Crippen molar-refractivity contribution in [3.8, 4) is 5.75 Å². The number of rotatable bonds is 3. The number of ether oxygens (including phenoxy) is 1. The van der Waals surface area contributed by atoms with Crippen LogP contribution in [0.4, 0.5) is 0 Å². The van der Waals surface area contributed by atoms with Crippen LogP contribution in [0.5, 0.6) is 5.75 Å². The highest BCUT2D eigenvalue weighted by atomic mass is 79.9. The van der Waals surface area contributed by atoms with E-state index in [0.717, 1.165) is 21.3 Å². The summed E-state index contributed by atoms with van der Waals surface area (Å²) in [7, 11) is 1.64. The summed E-state index contributed by atoms with van der Waals surface area (Å²) in [6, 6.07) is 11.3. The summed E-state index contributed by atoms with van der Waals surface area (Å²) in [5.74, 6) is 0.786. The SMILES string of the molecule is COc1ccc(C(Br)c2c(Cl)cccc2Cl)cc1Br. The van der Waals surface area contributed by atoms with Crippen molar-refractivity contribution < 1.29 is 4.74 Å². The molecule has 0 aliphatic heterocycles. The van der Waals surface area contributed by atoms with E-state index in [2.05, 4.69) is 31.9 Å². The molecule has 0 aliphatic rings. The molecule has 0 amide bonds. The third kappa shape index (κ3) is 3.27. The molecular weight excluding hydrogens is 415 g/mol. The second kappa shape index (κ2) is 6.49. The third-order valence-electron chi connectivity index (χ3n) is 2.72. The molecule has 0 fully saturated rings. The van der Waals surface area contributed by atoms with Crippen molar-refractivity contribution in [1.82, 2.24) is 0 Å². The molecule has 2 aromatic carbocycles. The van der Waals surface area contributed by atoms with Crippen molar-refractivity contribution in [3.05, 3.63) is 62.0 Å². The van der Waals surface area contributed by atoms with Crippen LogP contribution in [-0.4, -0.2) is 7.11 Å². The number of alkyl halides is 1. The molecule has 0 heterocycles. The summed E-state index contributed by atoms with van der Waals surface area (Å²) in [5.41, 5.74) is 1.91. The maximum atomic E-state index is 6.22. The highest BCUT2D eigenvalue weighted by Crippen LogP contribution is 2.41. The van der Waals surface area contributed by atoms with E-state index in [4.69, 9.17) is 27.9 Å². The van der Waals surface area contributed by atoms with Gasteiger partial charge in [-0.2, -0.15) is 0 Å². The van der Waals surface area contributed by atoms with Crippen molar-refractivity contribution >= 4 is 55.1 Å². The Morgan fingerprint density at radius 2 is 1.74 bits per heavy atom. The molecule has 1 nitrogen and oxygen atoms in total. The van der Waals surface area contributed by atoms with E-state index in [1.807, 2.05) is 36.4 Å². The zero-order valence-electron chi connectivity index (χ0n) is 9.96. The van der Waals surface area contributed by atoms with E-state index in [9.17, 15) is 0 Å². The van der Waals surface area contributed by atoms with E-state index in [0.29, 0.717) is 10.0 Å². The first-order chi connectivity index (χ1) is 9.04. The van der Waals surface area contributed by atoms with Crippen LogP contribution in [0.25, 0.3) is 0 Å². The topological polar surface area (TPSA) is 9.23 Å². The second-order valence-electron chi connectivity index (χ2n) is 3.89. The molecule has 0 aliphatic carbocycles. The molecule has 0 radical (unpaired) electrons. The van der Waals surface area contributed by atoms with Crippen LogP contribution in [0.1, 0.15) is 16.0 Å². The van der Waals surface area contributed by atoms with E-state index in [1.165, 1.54) is 0 Å². The molecule has 0 saturated carbocycles. The quantitative estimate of drug-likeness (QED) is 0.529. The smallest absolute Gasteiger partial charge is 0.133 e. The van der Waals surface area contributed by atoms with Crippen molar-refractivity contribution in [1.29, 1.82) is 0 Å². The van der Waals surface area contributed by atoms with Crippen molar-refractivity contribution in [2.75, 3.05) is 7.11 Å². The molecule has 2 aromatic rings. The molecule has 1 atom stereocenters. The minimum Gasteiger partial charge on any atom is -0.496 e. The fraction of sp³-hybridized carbons (Fsp3) is 0.143. The van der Waals surface area contributed by atoms with Gasteiger partial charge >= 0.3 is 0 Å². The Morgan fingerprint density at radius 1 is 1.11 bits per heavy atom. The fourth-order valence-electron chi connectivity index (χ4n) is 1.76. The van der Waals surface area contributed by atoms with Crippen LogP contribution in [0.15, 0.2) is 40.9 Å². The average Bonchev–Trinajstić information content (AvgIpc) is 2.38. The van der Waals surface area contributed by atoms with Crippen LogP contribution >= 0.6 is 55.1 Å². The zero-order valence-corrected chi connectivity index (χ0v) is 14.6. The first-order valence-electron chi connectivity index (χ1n) is 5.46. The molecule has 0 spiro atoms. The Labute approximate surface area is 139 Å². The molecule has 0 bridgehead atoms. The molecule has 19 heavy (non-hydrogen) atoms. The van der Waals surface area contributed by atoms with Gasteiger partial charge in [-0.15, -0.1) is 0 Å². The van der Waals surface area contributed by atoms with Gasteiger partial charge in [-0.1, -0.05) is 51.3 Å². The van der Waals surface area contributed by atoms with Crippen LogP contribution in [0.2, 0.25) is 10.0 Å². The predicted octanol–water partition coefficient (Wildman–Crippen LogP) is 6.25. The summed E-state index contributed by atoms with van der Waals surface area (Å²) in [6.45, 7) is 0. The van der Waals surface area contributed by atoms with Crippen LogP contribution in [0.3, 0.4) is 0 Å². The van der Waals surface area contributed by atoms with Gasteiger partial charge in [0.2, 0.25) is 0 Å². The molecule has 1 unspecified atom stereocenters. The van der Waals surface area contributed by atoms with Gasteiger partial charge in [0, 0.05) is 15.6 Å². The summed E-state index contributed by atoms with van der Waals surface area (Å²) in [6.07, 6.45) is 0. The van der Waals surface area contributed by atoms with E-state index >= 15 is 0 Å². The zero-order chi connectivity index (χ0) is 14.0. The maximum Gasteiger partial charge on any atom is 0.133 e. The first-order valence-corrected chi connectivity index (χ1v) is 7.92. The van der Waals surface area contributed by atoms with Crippen LogP contribution in [0, 0.1) is 0 Å². The Hall–Kier alpha value is -0.220. The Kier molecular flexibility index (Phi) is 5.18. The lowest BCUT2D eigenvalue weighted by Crippen LogP contribution is -1.96. The second-order valence-corrected chi connectivity index (χ2v) is 6.48. The number of hydrogen-bond acceptors (Lipinski definition) is 1. The van der Waals surface area contributed by atoms with Gasteiger partial charge in [-0.25, -0.2) is 0 Å². The predicted molar refractivity (Wildman–Crippen MR) is 87.9 cm³/mol. The largest absolute Gasteiger partial charge is 0.496 e. The lowest BCUT2D eigenvalue weighted by molar-refractivity contribution is 0.412. The maximum absolute atomic E-state index is 6.22. The highest BCUT2D eigenvalue weighted by molar-refractivity contribution is 9.10. The fourth-order valence-corrected chi connectivity index (χ4v) is 3.98. The number of benzene rings is 2. The lowest BCUT2D eigenvalue weighted by atomic mass is 10.0. The van der Waals surface area contributed by atoms with Gasteiger partial charge in [-0.05, 0) is 45.8 Å². The number of hydrogen-bond donors (Lipinski definition) is 0. The summed E-state index contributed by atoms with van der Waals surface area (Å²) in [5, 5.41) is 1.28. The lowest BCUT2D eigenvalue weighted by Gasteiger charge is -2.15. The van der Waals surface area contributed by atoms with Crippen LogP contribution < -0.4 is 4.74 Å². The van der Waals surface area contributed by atoms with Gasteiger partial charge in [0.05, 0.1) is 16.4 Å². The minimum absolute atomic E-state index is 0.0732. The molecule has 0 saturated heterocycles. The first kappa shape index (κ1) is 15.2. The van der Waals surface area contributed by atoms with Gasteiger partial charge in [-0.3, -0.25) is 0 Å². The average molecular weight is 425 g/mol.